The molecule has 0 aliphatic heterocycles. The molecule has 2 heterocycles. The standard InChI is InChI=1S/C29H27N5O3/c1-2-21-14-16-23(17-15-21)34(27(35)20-33-26-13-7-6-12-25(26)31-32-33)28(22-9-4-3-5-10-22)29(36)30-19-24-11-8-18-37-24/h3-18,28H,2,19-20H2,1H3,(H,30,36). The molecule has 1 atom stereocenters. The van der Waals surface area contributed by atoms with Gasteiger partial charge in [0.1, 0.15) is 23.9 Å². The van der Waals surface area contributed by atoms with Crippen LogP contribution in [-0.4, -0.2) is 26.8 Å². The molecule has 0 aliphatic rings. The number of rotatable bonds is 9. The summed E-state index contributed by atoms with van der Waals surface area (Å²) < 4.78 is 6.95. The van der Waals surface area contributed by atoms with Crippen LogP contribution in [-0.2, 0) is 29.1 Å². The van der Waals surface area contributed by atoms with E-state index in [9.17, 15) is 9.59 Å². The number of fused-ring (bicyclic) bond motifs is 1. The largest absolute Gasteiger partial charge is 0.467 e. The van der Waals surface area contributed by atoms with Gasteiger partial charge in [-0.15, -0.1) is 5.10 Å². The minimum atomic E-state index is -0.911. The Labute approximate surface area is 214 Å². The average molecular weight is 494 g/mol. The van der Waals surface area contributed by atoms with E-state index in [4.69, 9.17) is 4.42 Å². The SMILES string of the molecule is CCc1ccc(N(C(=O)Cn2nnc3ccccc32)C(C(=O)NCc2ccco2)c2ccccc2)cc1. The van der Waals surface area contributed by atoms with Crippen LogP contribution in [0.4, 0.5) is 5.69 Å². The highest BCUT2D eigenvalue weighted by molar-refractivity contribution is 6.01. The van der Waals surface area contributed by atoms with Gasteiger partial charge in [-0.3, -0.25) is 14.5 Å². The van der Waals surface area contributed by atoms with Crippen molar-refractivity contribution in [1.29, 1.82) is 0 Å². The maximum atomic E-state index is 14.0. The Hall–Kier alpha value is -4.72. The molecule has 2 aromatic heterocycles. The third kappa shape index (κ3) is 5.28. The number of aromatic nitrogens is 3. The van der Waals surface area contributed by atoms with E-state index in [-0.39, 0.29) is 24.9 Å². The Morgan fingerprint density at radius 3 is 2.43 bits per heavy atom. The van der Waals surface area contributed by atoms with Crippen LogP contribution in [0.25, 0.3) is 11.0 Å². The zero-order valence-electron chi connectivity index (χ0n) is 20.4. The number of furan rings is 1. The summed E-state index contributed by atoms with van der Waals surface area (Å²) in [6, 6.07) is 27.1. The van der Waals surface area contributed by atoms with Crippen molar-refractivity contribution in [2.75, 3.05) is 4.90 Å². The number of aryl methyl sites for hydroxylation is 1. The van der Waals surface area contributed by atoms with Gasteiger partial charge >= 0.3 is 0 Å². The van der Waals surface area contributed by atoms with E-state index in [0.717, 1.165) is 17.5 Å². The van der Waals surface area contributed by atoms with Crippen molar-refractivity contribution in [3.05, 3.63) is 114 Å². The lowest BCUT2D eigenvalue weighted by Gasteiger charge is -2.31. The second-order valence-corrected chi connectivity index (χ2v) is 8.63. The Morgan fingerprint density at radius 1 is 0.946 bits per heavy atom. The fourth-order valence-corrected chi connectivity index (χ4v) is 4.30. The first-order valence-corrected chi connectivity index (χ1v) is 12.2. The van der Waals surface area contributed by atoms with Crippen molar-refractivity contribution >= 4 is 28.5 Å². The maximum absolute atomic E-state index is 14.0. The minimum absolute atomic E-state index is 0.0785. The number of carbonyl (C=O) groups is 2. The molecule has 0 aliphatic carbocycles. The molecule has 0 fully saturated rings. The topological polar surface area (TPSA) is 93.3 Å². The lowest BCUT2D eigenvalue weighted by molar-refractivity contribution is -0.127. The molecule has 0 bridgehead atoms. The third-order valence-electron chi connectivity index (χ3n) is 6.24. The molecular weight excluding hydrogens is 466 g/mol. The Balaban J connectivity index is 1.54. The van der Waals surface area contributed by atoms with Gasteiger partial charge in [-0.2, -0.15) is 0 Å². The van der Waals surface area contributed by atoms with Crippen LogP contribution in [0.15, 0.2) is 102 Å². The normalized spacial score (nSPS) is 11.8. The molecule has 3 aromatic carbocycles. The second-order valence-electron chi connectivity index (χ2n) is 8.63. The van der Waals surface area contributed by atoms with Crippen LogP contribution in [0.5, 0.6) is 0 Å². The zero-order chi connectivity index (χ0) is 25.6. The number of anilines is 1. The molecule has 0 saturated carbocycles. The van der Waals surface area contributed by atoms with Gasteiger partial charge in [0, 0.05) is 5.69 Å². The number of benzene rings is 3. The van der Waals surface area contributed by atoms with Crippen LogP contribution < -0.4 is 10.2 Å². The highest BCUT2D eigenvalue weighted by Crippen LogP contribution is 2.29. The molecule has 1 N–H and O–H groups in total. The lowest BCUT2D eigenvalue weighted by Crippen LogP contribution is -2.45. The number of para-hydroxylation sites is 1. The van der Waals surface area contributed by atoms with Crippen molar-refractivity contribution in [2.24, 2.45) is 0 Å². The molecule has 0 spiro atoms. The molecular formula is C29H27N5O3. The molecule has 5 aromatic rings. The summed E-state index contributed by atoms with van der Waals surface area (Å²) in [5, 5.41) is 11.3. The van der Waals surface area contributed by atoms with Crippen molar-refractivity contribution in [1.82, 2.24) is 20.3 Å². The highest BCUT2D eigenvalue weighted by atomic mass is 16.3. The van der Waals surface area contributed by atoms with Gasteiger partial charge in [-0.05, 0) is 53.9 Å². The summed E-state index contributed by atoms with van der Waals surface area (Å²) in [6.45, 7) is 2.20. The first kappa shape index (κ1) is 24.0. The average Bonchev–Trinajstić information content (AvgIpc) is 3.61. The van der Waals surface area contributed by atoms with Gasteiger partial charge < -0.3 is 9.73 Å². The first-order valence-electron chi connectivity index (χ1n) is 12.2. The van der Waals surface area contributed by atoms with Gasteiger partial charge in [0.25, 0.3) is 0 Å². The van der Waals surface area contributed by atoms with Crippen LogP contribution in [0.1, 0.15) is 29.9 Å². The van der Waals surface area contributed by atoms with E-state index in [1.807, 2.05) is 78.9 Å². The number of carbonyl (C=O) groups excluding carboxylic acids is 2. The van der Waals surface area contributed by atoms with E-state index >= 15 is 0 Å². The minimum Gasteiger partial charge on any atom is -0.467 e. The smallest absolute Gasteiger partial charge is 0.249 e. The van der Waals surface area contributed by atoms with Crippen LogP contribution in [0, 0.1) is 0 Å². The zero-order valence-corrected chi connectivity index (χ0v) is 20.4. The number of nitrogens with zero attached hydrogens (tertiary/aromatic N) is 4. The van der Waals surface area contributed by atoms with Gasteiger partial charge in [-0.1, -0.05) is 66.7 Å². The summed E-state index contributed by atoms with van der Waals surface area (Å²) in [5.41, 5.74) is 3.89. The Bertz CT molecular complexity index is 1480. The molecule has 186 valence electrons. The molecule has 37 heavy (non-hydrogen) atoms. The molecule has 8 heteroatoms. The maximum Gasteiger partial charge on any atom is 0.249 e. The number of hydrogen-bond acceptors (Lipinski definition) is 5. The number of amides is 2. The van der Waals surface area contributed by atoms with E-state index < -0.39 is 6.04 Å². The molecule has 5 rings (SSSR count). The third-order valence-corrected chi connectivity index (χ3v) is 6.24. The summed E-state index contributed by atoms with van der Waals surface area (Å²) in [4.78, 5) is 29.3. The van der Waals surface area contributed by atoms with Crippen LogP contribution >= 0.6 is 0 Å². The monoisotopic (exact) mass is 493 g/mol. The van der Waals surface area contributed by atoms with Gasteiger partial charge in [0.2, 0.25) is 11.8 Å². The summed E-state index contributed by atoms with van der Waals surface area (Å²) in [7, 11) is 0. The predicted octanol–water partition coefficient (Wildman–Crippen LogP) is 4.68. The highest BCUT2D eigenvalue weighted by Gasteiger charge is 2.33. The Kier molecular flexibility index (Phi) is 7.07. The van der Waals surface area contributed by atoms with E-state index in [1.54, 1.807) is 28.0 Å². The number of hydrogen-bond donors (Lipinski definition) is 1. The first-order chi connectivity index (χ1) is 18.1. The van der Waals surface area contributed by atoms with E-state index in [1.165, 1.54) is 0 Å². The van der Waals surface area contributed by atoms with Gasteiger partial charge in [0.15, 0.2) is 0 Å². The number of nitrogens with one attached hydrogen (secondary N) is 1. The lowest BCUT2D eigenvalue weighted by atomic mass is 10.0. The predicted molar refractivity (Wildman–Crippen MR) is 141 cm³/mol. The van der Waals surface area contributed by atoms with Crippen molar-refractivity contribution in [2.45, 2.75) is 32.5 Å². The molecule has 0 radical (unpaired) electrons. The van der Waals surface area contributed by atoms with E-state index in [0.29, 0.717) is 22.5 Å². The quantitative estimate of drug-likeness (QED) is 0.322. The summed E-state index contributed by atoms with van der Waals surface area (Å²) in [5.74, 6) is 0.0142. The Morgan fingerprint density at radius 2 is 1.70 bits per heavy atom. The van der Waals surface area contributed by atoms with Gasteiger partial charge in [0.05, 0.1) is 18.3 Å². The summed E-state index contributed by atoms with van der Waals surface area (Å²) >= 11 is 0. The molecule has 2 amide bonds. The molecule has 8 nitrogen and oxygen atoms in total. The van der Waals surface area contributed by atoms with Crippen LogP contribution in [0.3, 0.4) is 0 Å². The van der Waals surface area contributed by atoms with Crippen molar-refractivity contribution in [3.8, 4) is 0 Å². The molecule has 1 unspecified atom stereocenters. The fraction of sp³-hybridized carbons (Fsp3) is 0.172. The van der Waals surface area contributed by atoms with Crippen LogP contribution in [0.2, 0.25) is 0 Å². The van der Waals surface area contributed by atoms with E-state index in [2.05, 4.69) is 22.6 Å². The summed E-state index contributed by atoms with van der Waals surface area (Å²) in [6.07, 6.45) is 2.43. The van der Waals surface area contributed by atoms with Gasteiger partial charge in [-0.25, -0.2) is 4.68 Å². The van der Waals surface area contributed by atoms with Crippen molar-refractivity contribution in [3.63, 3.8) is 0 Å². The molecule has 0 saturated heterocycles. The second kappa shape index (κ2) is 10.9. The fourth-order valence-electron chi connectivity index (χ4n) is 4.30. The van der Waals surface area contributed by atoms with Crippen molar-refractivity contribution < 1.29 is 14.0 Å².